The number of anilines is 1. The van der Waals surface area contributed by atoms with Crippen LogP contribution in [0.3, 0.4) is 0 Å². The maximum atomic E-state index is 11.9. The van der Waals surface area contributed by atoms with Crippen LogP contribution >= 0.6 is 0 Å². The van der Waals surface area contributed by atoms with Crippen molar-refractivity contribution in [1.29, 1.82) is 0 Å². The summed E-state index contributed by atoms with van der Waals surface area (Å²) in [4.78, 5) is 27.6. The quantitative estimate of drug-likeness (QED) is 0.628. The molecule has 1 fully saturated rings. The van der Waals surface area contributed by atoms with Crippen molar-refractivity contribution in [2.75, 3.05) is 38.2 Å². The monoisotopic (exact) mass is 280 g/mol. The molecule has 8 heteroatoms. The minimum atomic E-state index is -0.501. The van der Waals surface area contributed by atoms with Crippen molar-refractivity contribution in [1.82, 2.24) is 9.88 Å². The van der Waals surface area contributed by atoms with Crippen molar-refractivity contribution in [2.24, 2.45) is 0 Å². The highest BCUT2D eigenvalue weighted by Gasteiger charge is 2.17. The van der Waals surface area contributed by atoms with E-state index in [1.807, 2.05) is 0 Å². The van der Waals surface area contributed by atoms with Crippen LogP contribution in [-0.2, 0) is 9.53 Å². The second-order valence-corrected chi connectivity index (χ2v) is 4.32. The zero-order valence-electron chi connectivity index (χ0n) is 10.9. The van der Waals surface area contributed by atoms with Crippen molar-refractivity contribution in [3.05, 3.63) is 28.6 Å². The molecule has 0 spiro atoms. The van der Waals surface area contributed by atoms with Crippen LogP contribution in [0.4, 0.5) is 11.4 Å². The van der Waals surface area contributed by atoms with Gasteiger partial charge in [-0.3, -0.25) is 19.9 Å². The molecule has 2 rings (SSSR count). The van der Waals surface area contributed by atoms with Crippen LogP contribution in [0, 0.1) is 10.1 Å². The van der Waals surface area contributed by atoms with Gasteiger partial charge in [0.15, 0.2) is 0 Å². The van der Waals surface area contributed by atoms with Crippen LogP contribution in [0.25, 0.3) is 0 Å². The van der Waals surface area contributed by atoms with Crippen molar-refractivity contribution in [2.45, 2.75) is 6.42 Å². The maximum absolute atomic E-state index is 11.9. The van der Waals surface area contributed by atoms with E-state index in [-0.39, 0.29) is 11.6 Å². The van der Waals surface area contributed by atoms with E-state index in [0.29, 0.717) is 45.0 Å². The van der Waals surface area contributed by atoms with Crippen LogP contribution in [0.15, 0.2) is 18.5 Å². The fourth-order valence-electron chi connectivity index (χ4n) is 1.96. The van der Waals surface area contributed by atoms with Crippen LogP contribution in [0.1, 0.15) is 6.42 Å². The fraction of sp³-hybridized carbons (Fsp3) is 0.500. The number of rotatable bonds is 5. The first kappa shape index (κ1) is 14.2. The van der Waals surface area contributed by atoms with Gasteiger partial charge in [-0.1, -0.05) is 0 Å². The SMILES string of the molecule is O=C(CCNc1ccncc1[N+](=O)[O-])N1CCOCC1. The first-order valence-electron chi connectivity index (χ1n) is 6.36. The molecule has 1 saturated heterocycles. The Balaban J connectivity index is 1.83. The number of ether oxygens (including phenoxy) is 1. The van der Waals surface area contributed by atoms with Crippen LogP contribution in [0.5, 0.6) is 0 Å². The zero-order chi connectivity index (χ0) is 14.4. The number of pyridine rings is 1. The molecule has 1 amide bonds. The average molecular weight is 280 g/mol. The lowest BCUT2D eigenvalue weighted by molar-refractivity contribution is -0.384. The minimum absolute atomic E-state index is 0.0255. The molecule has 2 heterocycles. The van der Waals surface area contributed by atoms with Crippen LogP contribution < -0.4 is 5.32 Å². The van der Waals surface area contributed by atoms with E-state index in [9.17, 15) is 14.9 Å². The molecule has 1 aromatic rings. The summed E-state index contributed by atoms with van der Waals surface area (Å²) in [6.45, 7) is 2.69. The third-order valence-corrected chi connectivity index (χ3v) is 3.01. The predicted molar refractivity (Wildman–Crippen MR) is 71.4 cm³/mol. The van der Waals surface area contributed by atoms with Crippen molar-refractivity contribution in [3.8, 4) is 0 Å². The number of morpholine rings is 1. The lowest BCUT2D eigenvalue weighted by Gasteiger charge is -2.26. The van der Waals surface area contributed by atoms with Gasteiger partial charge >= 0.3 is 5.69 Å². The Morgan fingerprint density at radius 1 is 1.50 bits per heavy atom. The predicted octanol–water partition coefficient (Wildman–Crippen LogP) is 0.651. The summed E-state index contributed by atoms with van der Waals surface area (Å²) >= 11 is 0. The Hall–Kier alpha value is -2.22. The normalized spacial score (nSPS) is 14.9. The first-order chi connectivity index (χ1) is 9.68. The molecule has 0 radical (unpaired) electrons. The minimum Gasteiger partial charge on any atom is -0.379 e. The Morgan fingerprint density at radius 2 is 2.25 bits per heavy atom. The summed E-state index contributed by atoms with van der Waals surface area (Å²) in [5.41, 5.74) is 0.283. The number of carbonyl (C=O) groups is 1. The third-order valence-electron chi connectivity index (χ3n) is 3.01. The van der Waals surface area contributed by atoms with Gasteiger partial charge in [-0.25, -0.2) is 0 Å². The van der Waals surface area contributed by atoms with E-state index in [1.54, 1.807) is 4.90 Å². The molecule has 1 N–H and O–H groups in total. The van der Waals surface area contributed by atoms with Crippen molar-refractivity contribution >= 4 is 17.3 Å². The number of nitrogens with one attached hydrogen (secondary N) is 1. The van der Waals surface area contributed by atoms with Gasteiger partial charge in [0.1, 0.15) is 11.9 Å². The smallest absolute Gasteiger partial charge is 0.310 e. The largest absolute Gasteiger partial charge is 0.379 e. The van der Waals surface area contributed by atoms with E-state index < -0.39 is 4.92 Å². The van der Waals surface area contributed by atoms with Crippen molar-refractivity contribution < 1.29 is 14.5 Å². The Bertz CT molecular complexity index is 488. The summed E-state index contributed by atoms with van der Waals surface area (Å²) in [5, 5.41) is 13.7. The molecular weight excluding hydrogens is 264 g/mol. The summed E-state index contributed by atoms with van der Waals surface area (Å²) in [6.07, 6.45) is 2.95. The Kier molecular flexibility index (Phi) is 4.83. The first-order valence-corrected chi connectivity index (χ1v) is 6.36. The van der Waals surface area contributed by atoms with Gasteiger partial charge in [0, 0.05) is 32.3 Å². The standard InChI is InChI=1S/C12H16N4O4/c17-12(15-5-7-20-8-6-15)2-4-14-10-1-3-13-9-11(10)16(18)19/h1,3,9H,2,4-8H2,(H,13,14). The number of amides is 1. The molecule has 108 valence electrons. The van der Waals surface area contributed by atoms with Gasteiger partial charge in [-0.05, 0) is 6.07 Å². The lowest BCUT2D eigenvalue weighted by atomic mass is 10.3. The number of hydrogen-bond acceptors (Lipinski definition) is 6. The average Bonchev–Trinajstić information content (AvgIpc) is 2.48. The van der Waals surface area contributed by atoms with Crippen LogP contribution in [-0.4, -0.2) is 53.6 Å². The third kappa shape index (κ3) is 3.64. The van der Waals surface area contributed by atoms with Gasteiger partial charge in [-0.15, -0.1) is 0 Å². The summed E-state index contributed by atoms with van der Waals surface area (Å²) in [7, 11) is 0. The number of carbonyl (C=O) groups excluding carboxylic acids is 1. The summed E-state index contributed by atoms with van der Waals surface area (Å²) in [6, 6.07) is 1.53. The zero-order valence-corrected chi connectivity index (χ0v) is 10.9. The molecule has 1 aromatic heterocycles. The number of nitro groups is 1. The van der Waals surface area contributed by atoms with Gasteiger partial charge < -0.3 is 15.0 Å². The molecule has 1 aliphatic rings. The molecule has 0 atom stereocenters. The van der Waals surface area contributed by atoms with Gasteiger partial charge in [-0.2, -0.15) is 0 Å². The van der Waals surface area contributed by atoms with E-state index in [1.165, 1.54) is 18.5 Å². The Morgan fingerprint density at radius 3 is 2.95 bits per heavy atom. The maximum Gasteiger partial charge on any atom is 0.310 e. The number of hydrogen-bond donors (Lipinski definition) is 1. The molecule has 0 aromatic carbocycles. The molecule has 0 aliphatic carbocycles. The Labute approximate surface area is 115 Å². The lowest BCUT2D eigenvalue weighted by Crippen LogP contribution is -2.41. The molecule has 1 aliphatic heterocycles. The van der Waals surface area contributed by atoms with Gasteiger partial charge in [0.2, 0.25) is 5.91 Å². The van der Waals surface area contributed by atoms with Crippen molar-refractivity contribution in [3.63, 3.8) is 0 Å². The van der Waals surface area contributed by atoms with E-state index >= 15 is 0 Å². The highest BCUT2D eigenvalue weighted by Crippen LogP contribution is 2.21. The summed E-state index contributed by atoms with van der Waals surface area (Å²) in [5.74, 6) is 0.0255. The molecule has 0 saturated carbocycles. The highest BCUT2D eigenvalue weighted by molar-refractivity contribution is 5.77. The highest BCUT2D eigenvalue weighted by atomic mass is 16.6. The van der Waals surface area contributed by atoms with E-state index in [2.05, 4.69) is 10.3 Å². The molecule has 0 bridgehead atoms. The molecule has 0 unspecified atom stereocenters. The summed E-state index contributed by atoms with van der Waals surface area (Å²) < 4.78 is 5.17. The second-order valence-electron chi connectivity index (χ2n) is 4.32. The topological polar surface area (TPSA) is 97.6 Å². The number of nitrogens with zero attached hydrogens (tertiary/aromatic N) is 3. The molecule has 20 heavy (non-hydrogen) atoms. The van der Waals surface area contributed by atoms with E-state index in [0.717, 1.165) is 0 Å². The van der Waals surface area contributed by atoms with Crippen LogP contribution in [0.2, 0.25) is 0 Å². The van der Waals surface area contributed by atoms with E-state index in [4.69, 9.17) is 4.74 Å². The van der Waals surface area contributed by atoms with Gasteiger partial charge in [0.25, 0.3) is 0 Å². The number of aromatic nitrogens is 1. The molecular formula is C12H16N4O4. The molecule has 8 nitrogen and oxygen atoms in total. The van der Waals surface area contributed by atoms with Gasteiger partial charge in [0.05, 0.1) is 18.1 Å². The fourth-order valence-corrected chi connectivity index (χ4v) is 1.96. The second kappa shape index (κ2) is 6.80.